The predicted molar refractivity (Wildman–Crippen MR) is 67.4 cm³/mol. The summed E-state index contributed by atoms with van der Waals surface area (Å²) in [6.07, 6.45) is 5.09. The number of hydrogen-bond acceptors (Lipinski definition) is 3. The van der Waals surface area contributed by atoms with Crippen LogP contribution in [0.15, 0.2) is 0 Å². The minimum atomic E-state index is -0.993. The van der Waals surface area contributed by atoms with Crippen LogP contribution in [0.25, 0.3) is 0 Å². The monoisotopic (exact) mass is 268 g/mol. The van der Waals surface area contributed by atoms with E-state index < -0.39 is 5.97 Å². The fourth-order valence-electron chi connectivity index (χ4n) is 2.91. The number of amides is 2. The molecule has 6 heteroatoms. The van der Waals surface area contributed by atoms with Gasteiger partial charge < -0.3 is 14.9 Å². The van der Waals surface area contributed by atoms with Crippen LogP contribution in [0.1, 0.15) is 38.5 Å². The second-order valence-corrected chi connectivity index (χ2v) is 5.27. The van der Waals surface area contributed by atoms with Crippen molar-refractivity contribution >= 4 is 17.8 Å². The summed E-state index contributed by atoms with van der Waals surface area (Å²) in [5.41, 5.74) is 0. The molecule has 1 aliphatic heterocycles. The van der Waals surface area contributed by atoms with Crippen molar-refractivity contribution in [2.45, 2.75) is 44.6 Å². The Balaban J connectivity index is 1.97. The van der Waals surface area contributed by atoms with Gasteiger partial charge in [-0.2, -0.15) is 0 Å². The fraction of sp³-hybridized carbons (Fsp3) is 0.769. The van der Waals surface area contributed by atoms with E-state index in [2.05, 4.69) is 0 Å². The molecule has 1 N–H and O–H groups in total. The lowest BCUT2D eigenvalue weighted by Crippen LogP contribution is -2.47. The van der Waals surface area contributed by atoms with Gasteiger partial charge >= 0.3 is 5.97 Å². The van der Waals surface area contributed by atoms with Gasteiger partial charge in [0, 0.05) is 19.0 Å². The molecule has 2 amide bonds. The number of carboxylic acids is 1. The minimum absolute atomic E-state index is 0.00459. The summed E-state index contributed by atoms with van der Waals surface area (Å²) in [5.74, 6) is -1.23. The largest absolute Gasteiger partial charge is 0.480 e. The number of likely N-dealkylation sites (tertiary alicyclic amines) is 1. The van der Waals surface area contributed by atoms with Gasteiger partial charge in [-0.05, 0) is 19.3 Å². The molecule has 0 atom stereocenters. The van der Waals surface area contributed by atoms with Gasteiger partial charge in [0.2, 0.25) is 11.8 Å². The smallest absolute Gasteiger partial charge is 0.323 e. The van der Waals surface area contributed by atoms with Crippen LogP contribution in [-0.4, -0.2) is 58.4 Å². The van der Waals surface area contributed by atoms with Gasteiger partial charge in [-0.3, -0.25) is 14.4 Å². The van der Waals surface area contributed by atoms with Crippen LogP contribution in [0.2, 0.25) is 0 Å². The van der Waals surface area contributed by atoms with Crippen LogP contribution in [0, 0.1) is 0 Å². The zero-order chi connectivity index (χ0) is 13.8. The van der Waals surface area contributed by atoms with E-state index in [9.17, 15) is 14.4 Å². The number of hydrogen-bond donors (Lipinski definition) is 1. The van der Waals surface area contributed by atoms with Crippen molar-refractivity contribution in [1.29, 1.82) is 0 Å². The Morgan fingerprint density at radius 1 is 1.26 bits per heavy atom. The number of carbonyl (C=O) groups excluding carboxylic acids is 2. The van der Waals surface area contributed by atoms with Gasteiger partial charge in [0.1, 0.15) is 6.54 Å². The van der Waals surface area contributed by atoms with Crippen LogP contribution >= 0.6 is 0 Å². The van der Waals surface area contributed by atoms with Crippen molar-refractivity contribution in [3.05, 3.63) is 0 Å². The second-order valence-electron chi connectivity index (χ2n) is 5.27. The summed E-state index contributed by atoms with van der Waals surface area (Å²) < 4.78 is 0. The lowest BCUT2D eigenvalue weighted by atomic mass is 10.2. The molecule has 2 rings (SSSR count). The van der Waals surface area contributed by atoms with Gasteiger partial charge in [0.15, 0.2) is 0 Å². The van der Waals surface area contributed by atoms with Crippen LogP contribution in [0.3, 0.4) is 0 Å². The maximum atomic E-state index is 12.2. The van der Waals surface area contributed by atoms with Crippen molar-refractivity contribution in [1.82, 2.24) is 9.80 Å². The summed E-state index contributed by atoms with van der Waals surface area (Å²) >= 11 is 0. The SMILES string of the molecule is O=C(O)CN(C(=O)CN1CCCC1=O)C1CCCC1. The average molecular weight is 268 g/mol. The molecule has 0 aromatic rings. The molecule has 1 aliphatic carbocycles. The zero-order valence-corrected chi connectivity index (χ0v) is 11.0. The Kier molecular flexibility index (Phi) is 4.39. The molecule has 1 saturated heterocycles. The third kappa shape index (κ3) is 3.45. The summed E-state index contributed by atoms with van der Waals surface area (Å²) in [4.78, 5) is 37.6. The van der Waals surface area contributed by atoms with Crippen molar-refractivity contribution < 1.29 is 19.5 Å². The molecule has 106 valence electrons. The Bertz CT molecular complexity index is 377. The van der Waals surface area contributed by atoms with E-state index in [4.69, 9.17) is 5.11 Å². The Hall–Kier alpha value is -1.59. The van der Waals surface area contributed by atoms with Crippen molar-refractivity contribution in [3.8, 4) is 0 Å². The summed E-state index contributed by atoms with van der Waals surface area (Å²) in [5, 5.41) is 8.93. The predicted octanol–water partition coefficient (Wildman–Crippen LogP) is 0.465. The van der Waals surface area contributed by atoms with E-state index in [0.29, 0.717) is 13.0 Å². The third-order valence-corrected chi connectivity index (χ3v) is 3.89. The highest BCUT2D eigenvalue weighted by molar-refractivity contribution is 5.87. The summed E-state index contributed by atoms with van der Waals surface area (Å²) in [7, 11) is 0. The molecule has 0 unspecified atom stereocenters. The first-order valence-electron chi connectivity index (χ1n) is 6.87. The number of aliphatic carboxylic acids is 1. The van der Waals surface area contributed by atoms with Gasteiger partial charge in [-0.1, -0.05) is 12.8 Å². The van der Waals surface area contributed by atoms with Crippen molar-refractivity contribution in [2.75, 3.05) is 19.6 Å². The lowest BCUT2D eigenvalue weighted by Gasteiger charge is -2.29. The molecular weight excluding hydrogens is 248 g/mol. The van der Waals surface area contributed by atoms with Crippen LogP contribution in [0.5, 0.6) is 0 Å². The molecule has 1 heterocycles. The molecule has 19 heavy (non-hydrogen) atoms. The van der Waals surface area contributed by atoms with E-state index in [-0.39, 0.29) is 30.9 Å². The normalized spacial score (nSPS) is 20.0. The van der Waals surface area contributed by atoms with E-state index in [1.54, 1.807) is 0 Å². The number of carbonyl (C=O) groups is 3. The van der Waals surface area contributed by atoms with E-state index in [1.165, 1.54) is 9.80 Å². The van der Waals surface area contributed by atoms with Crippen LogP contribution in [0.4, 0.5) is 0 Å². The Labute approximate surface area is 112 Å². The molecule has 0 aromatic carbocycles. The van der Waals surface area contributed by atoms with E-state index in [0.717, 1.165) is 32.1 Å². The molecular formula is C13H20N2O4. The number of carboxylic acid groups (broad SMARTS) is 1. The fourth-order valence-corrected chi connectivity index (χ4v) is 2.91. The highest BCUT2D eigenvalue weighted by atomic mass is 16.4. The first-order chi connectivity index (χ1) is 9.08. The Morgan fingerprint density at radius 3 is 2.47 bits per heavy atom. The number of rotatable bonds is 5. The van der Waals surface area contributed by atoms with Gasteiger partial charge in [0.05, 0.1) is 6.54 Å². The van der Waals surface area contributed by atoms with E-state index in [1.807, 2.05) is 0 Å². The lowest BCUT2D eigenvalue weighted by molar-refractivity contribution is -0.147. The molecule has 0 aromatic heterocycles. The maximum absolute atomic E-state index is 12.2. The van der Waals surface area contributed by atoms with Crippen molar-refractivity contribution in [2.24, 2.45) is 0 Å². The van der Waals surface area contributed by atoms with Gasteiger partial charge in [0.25, 0.3) is 0 Å². The molecule has 1 saturated carbocycles. The standard InChI is InChI=1S/C13H20N2O4/c16-11-6-3-7-14(11)8-12(17)15(9-13(18)19)10-4-1-2-5-10/h10H,1-9H2,(H,18,19). The quantitative estimate of drug-likeness (QED) is 0.786. The molecule has 0 bridgehead atoms. The molecule has 6 nitrogen and oxygen atoms in total. The highest BCUT2D eigenvalue weighted by Gasteiger charge is 2.31. The van der Waals surface area contributed by atoms with Gasteiger partial charge in [-0.25, -0.2) is 0 Å². The molecule has 2 aliphatic rings. The molecule has 0 spiro atoms. The number of nitrogens with zero attached hydrogens (tertiary/aromatic N) is 2. The van der Waals surface area contributed by atoms with Crippen LogP contribution in [-0.2, 0) is 14.4 Å². The molecule has 2 fully saturated rings. The second kappa shape index (κ2) is 6.04. The van der Waals surface area contributed by atoms with Crippen molar-refractivity contribution in [3.63, 3.8) is 0 Å². The molecule has 0 radical (unpaired) electrons. The van der Waals surface area contributed by atoms with Crippen LogP contribution < -0.4 is 0 Å². The maximum Gasteiger partial charge on any atom is 0.323 e. The zero-order valence-electron chi connectivity index (χ0n) is 11.0. The highest BCUT2D eigenvalue weighted by Crippen LogP contribution is 2.24. The first-order valence-corrected chi connectivity index (χ1v) is 6.87. The average Bonchev–Trinajstić information content (AvgIpc) is 2.98. The van der Waals surface area contributed by atoms with Gasteiger partial charge in [-0.15, -0.1) is 0 Å². The third-order valence-electron chi connectivity index (χ3n) is 3.89. The summed E-state index contributed by atoms with van der Waals surface area (Å²) in [6.45, 7) is 0.379. The Morgan fingerprint density at radius 2 is 1.95 bits per heavy atom. The summed E-state index contributed by atoms with van der Waals surface area (Å²) in [6, 6.07) is 0.0290. The first kappa shape index (κ1) is 13.8. The minimum Gasteiger partial charge on any atom is -0.480 e. The van der Waals surface area contributed by atoms with E-state index >= 15 is 0 Å². The topological polar surface area (TPSA) is 77.9 Å².